The van der Waals surface area contributed by atoms with E-state index in [0.717, 1.165) is 4.90 Å². The van der Waals surface area contributed by atoms with Gasteiger partial charge in [-0.05, 0) is 17.7 Å². The summed E-state index contributed by atoms with van der Waals surface area (Å²) in [5.41, 5.74) is 6.01. The van der Waals surface area contributed by atoms with Gasteiger partial charge in [-0.15, -0.1) is 0 Å². The smallest absolute Gasteiger partial charge is 0.248 e. The number of piperazine rings is 1. The summed E-state index contributed by atoms with van der Waals surface area (Å²) in [5, 5.41) is 3.01. The number of rotatable bonds is 3. The molecule has 7 heteroatoms. The van der Waals surface area contributed by atoms with Crippen molar-refractivity contribution in [1.82, 2.24) is 10.2 Å². The van der Waals surface area contributed by atoms with Gasteiger partial charge in [-0.2, -0.15) is 0 Å². The Morgan fingerprint density at radius 1 is 1.32 bits per heavy atom. The third kappa shape index (κ3) is 2.91. The molecule has 0 spiro atoms. The summed E-state index contributed by atoms with van der Waals surface area (Å²) in [4.78, 5) is 35.4. The fourth-order valence-electron chi connectivity index (χ4n) is 1.78. The first kappa shape index (κ1) is 13.5. The second-order valence-corrected chi connectivity index (χ2v) is 4.55. The van der Waals surface area contributed by atoms with Crippen LogP contribution in [0.25, 0.3) is 0 Å². The molecule has 3 N–H and O–H groups in total. The molecule has 1 fully saturated rings. The van der Waals surface area contributed by atoms with Crippen LogP contribution in [-0.4, -0.2) is 35.7 Å². The molecule has 0 bridgehead atoms. The van der Waals surface area contributed by atoms with E-state index in [2.05, 4.69) is 5.32 Å². The van der Waals surface area contributed by atoms with Crippen LogP contribution in [-0.2, 0) is 16.1 Å². The monoisotopic (exact) mass is 281 g/mol. The number of carbonyl (C=O) groups is 3. The fraction of sp³-hybridized carbons (Fsp3) is 0.250. The summed E-state index contributed by atoms with van der Waals surface area (Å²) >= 11 is 6.02. The van der Waals surface area contributed by atoms with Crippen LogP contribution in [0.1, 0.15) is 15.9 Å². The van der Waals surface area contributed by atoms with Crippen LogP contribution >= 0.6 is 11.6 Å². The number of amides is 3. The fourth-order valence-corrected chi connectivity index (χ4v) is 2.02. The van der Waals surface area contributed by atoms with Crippen LogP contribution in [0.15, 0.2) is 18.2 Å². The SMILES string of the molecule is NC(=O)c1ccc(CN2C(=O)CNCC2=O)c(Cl)c1. The maximum absolute atomic E-state index is 11.6. The van der Waals surface area contributed by atoms with Gasteiger partial charge in [0.25, 0.3) is 0 Å². The molecule has 1 heterocycles. The molecule has 0 atom stereocenters. The third-order valence-corrected chi connectivity index (χ3v) is 3.17. The lowest BCUT2D eigenvalue weighted by Gasteiger charge is -2.25. The molecule has 1 aliphatic rings. The Morgan fingerprint density at radius 2 is 1.95 bits per heavy atom. The van der Waals surface area contributed by atoms with Crippen molar-refractivity contribution in [3.63, 3.8) is 0 Å². The highest BCUT2D eigenvalue weighted by molar-refractivity contribution is 6.31. The highest BCUT2D eigenvalue weighted by Gasteiger charge is 2.26. The minimum absolute atomic E-state index is 0.0945. The average Bonchev–Trinajstić information content (AvgIpc) is 2.35. The van der Waals surface area contributed by atoms with Crippen molar-refractivity contribution in [2.75, 3.05) is 13.1 Å². The van der Waals surface area contributed by atoms with Crippen molar-refractivity contribution in [3.05, 3.63) is 34.3 Å². The number of hydrogen-bond donors (Lipinski definition) is 2. The van der Waals surface area contributed by atoms with Crippen LogP contribution < -0.4 is 11.1 Å². The Bertz CT molecular complexity index is 543. The first-order valence-corrected chi connectivity index (χ1v) is 5.99. The standard InChI is InChI=1S/C12H12ClN3O3/c13-9-3-7(12(14)19)1-2-8(9)6-16-10(17)4-15-5-11(16)18/h1-3,15H,4-6H2,(H2,14,19). The predicted octanol–water partition coefficient (Wildman–Crippen LogP) is -0.103. The summed E-state index contributed by atoms with van der Waals surface area (Å²) < 4.78 is 0. The van der Waals surface area contributed by atoms with Gasteiger partial charge in [-0.25, -0.2) is 0 Å². The van der Waals surface area contributed by atoms with Gasteiger partial charge >= 0.3 is 0 Å². The van der Waals surface area contributed by atoms with E-state index in [9.17, 15) is 14.4 Å². The third-order valence-electron chi connectivity index (χ3n) is 2.82. The van der Waals surface area contributed by atoms with Gasteiger partial charge < -0.3 is 5.73 Å². The second kappa shape index (κ2) is 5.38. The number of nitrogens with one attached hydrogen (secondary N) is 1. The van der Waals surface area contributed by atoms with Crippen LogP contribution in [0.2, 0.25) is 5.02 Å². The Morgan fingerprint density at radius 3 is 2.47 bits per heavy atom. The normalized spacial score (nSPS) is 15.7. The Kier molecular flexibility index (Phi) is 3.82. The summed E-state index contributed by atoms with van der Waals surface area (Å²) in [5.74, 6) is -1.18. The molecule has 1 aliphatic heterocycles. The van der Waals surface area contributed by atoms with E-state index in [1.54, 1.807) is 6.07 Å². The van der Waals surface area contributed by atoms with Gasteiger partial charge in [0.15, 0.2) is 0 Å². The zero-order chi connectivity index (χ0) is 14.0. The zero-order valence-electron chi connectivity index (χ0n) is 9.98. The minimum Gasteiger partial charge on any atom is -0.366 e. The first-order chi connectivity index (χ1) is 8.99. The molecular weight excluding hydrogens is 270 g/mol. The number of primary amides is 1. The van der Waals surface area contributed by atoms with E-state index in [0.29, 0.717) is 10.6 Å². The topological polar surface area (TPSA) is 92.5 Å². The molecule has 1 aromatic carbocycles. The van der Waals surface area contributed by atoms with E-state index in [4.69, 9.17) is 17.3 Å². The van der Waals surface area contributed by atoms with Crippen LogP contribution in [0.5, 0.6) is 0 Å². The Balaban J connectivity index is 2.21. The highest BCUT2D eigenvalue weighted by Crippen LogP contribution is 2.20. The zero-order valence-corrected chi connectivity index (χ0v) is 10.7. The van der Waals surface area contributed by atoms with Gasteiger partial charge in [-0.3, -0.25) is 24.6 Å². The number of hydrogen-bond acceptors (Lipinski definition) is 4. The van der Waals surface area contributed by atoms with E-state index < -0.39 is 5.91 Å². The van der Waals surface area contributed by atoms with Crippen molar-refractivity contribution < 1.29 is 14.4 Å². The van der Waals surface area contributed by atoms with E-state index in [1.165, 1.54) is 12.1 Å². The summed E-state index contributed by atoms with van der Waals surface area (Å²) in [7, 11) is 0. The lowest BCUT2D eigenvalue weighted by Crippen LogP contribution is -2.51. The number of nitrogens with two attached hydrogens (primary N) is 1. The number of benzene rings is 1. The van der Waals surface area contributed by atoms with Crippen LogP contribution in [0.3, 0.4) is 0 Å². The maximum atomic E-state index is 11.6. The molecular formula is C12H12ClN3O3. The lowest BCUT2D eigenvalue weighted by atomic mass is 10.1. The average molecular weight is 282 g/mol. The molecule has 100 valence electrons. The summed E-state index contributed by atoms with van der Waals surface area (Å²) in [6.45, 7) is 0.350. The molecule has 0 saturated carbocycles. The molecule has 1 saturated heterocycles. The van der Waals surface area contributed by atoms with Gasteiger partial charge in [0.2, 0.25) is 17.7 Å². The maximum Gasteiger partial charge on any atom is 0.248 e. The molecule has 2 rings (SSSR count). The number of imide groups is 1. The minimum atomic E-state index is -0.581. The first-order valence-electron chi connectivity index (χ1n) is 5.61. The van der Waals surface area contributed by atoms with Crippen LogP contribution in [0.4, 0.5) is 0 Å². The largest absolute Gasteiger partial charge is 0.366 e. The molecule has 0 unspecified atom stereocenters. The Labute approximate surface area is 114 Å². The van der Waals surface area contributed by atoms with E-state index in [-0.39, 0.29) is 37.0 Å². The molecule has 0 aliphatic carbocycles. The molecule has 6 nitrogen and oxygen atoms in total. The molecule has 3 amide bonds. The van der Waals surface area contributed by atoms with Crippen molar-refractivity contribution in [2.24, 2.45) is 5.73 Å². The van der Waals surface area contributed by atoms with E-state index >= 15 is 0 Å². The van der Waals surface area contributed by atoms with Gasteiger partial charge in [0.1, 0.15) is 0 Å². The number of carbonyl (C=O) groups excluding carboxylic acids is 3. The van der Waals surface area contributed by atoms with Gasteiger partial charge in [0, 0.05) is 10.6 Å². The van der Waals surface area contributed by atoms with Gasteiger partial charge in [-0.1, -0.05) is 17.7 Å². The summed E-state index contributed by atoms with van der Waals surface area (Å²) in [6, 6.07) is 4.53. The lowest BCUT2D eigenvalue weighted by molar-refractivity contribution is -0.147. The van der Waals surface area contributed by atoms with Crippen molar-refractivity contribution in [3.8, 4) is 0 Å². The second-order valence-electron chi connectivity index (χ2n) is 4.15. The van der Waals surface area contributed by atoms with Crippen LogP contribution in [0, 0.1) is 0 Å². The van der Waals surface area contributed by atoms with Crippen molar-refractivity contribution in [2.45, 2.75) is 6.54 Å². The molecule has 0 aromatic heterocycles. The Hall–Kier alpha value is -1.92. The predicted molar refractivity (Wildman–Crippen MR) is 68.4 cm³/mol. The number of nitrogens with zero attached hydrogens (tertiary/aromatic N) is 1. The molecule has 19 heavy (non-hydrogen) atoms. The molecule has 1 aromatic rings. The summed E-state index contributed by atoms with van der Waals surface area (Å²) in [6.07, 6.45) is 0. The van der Waals surface area contributed by atoms with Crippen molar-refractivity contribution in [1.29, 1.82) is 0 Å². The van der Waals surface area contributed by atoms with E-state index in [1.807, 2.05) is 0 Å². The quantitative estimate of drug-likeness (QED) is 0.757. The molecule has 0 radical (unpaired) electrons. The highest BCUT2D eigenvalue weighted by atomic mass is 35.5. The van der Waals surface area contributed by atoms with Gasteiger partial charge in [0.05, 0.1) is 19.6 Å². The number of halogens is 1. The van der Waals surface area contributed by atoms with Crippen molar-refractivity contribution >= 4 is 29.3 Å².